The van der Waals surface area contributed by atoms with E-state index in [2.05, 4.69) is 10.3 Å². The molecule has 19 heavy (non-hydrogen) atoms. The van der Waals surface area contributed by atoms with Gasteiger partial charge < -0.3 is 10.2 Å². The first kappa shape index (κ1) is 11.7. The lowest BCUT2D eigenvalue weighted by Gasteiger charge is -2.16. The summed E-state index contributed by atoms with van der Waals surface area (Å²) in [5.74, 6) is 0.612. The van der Waals surface area contributed by atoms with Crippen molar-refractivity contribution in [3.63, 3.8) is 0 Å². The Hall–Kier alpha value is -2.40. The monoisotopic (exact) mass is 254 g/mol. The fourth-order valence-corrected chi connectivity index (χ4v) is 1.98. The Kier molecular flexibility index (Phi) is 2.89. The maximum atomic E-state index is 12.1. The van der Waals surface area contributed by atoms with Crippen molar-refractivity contribution in [2.24, 2.45) is 4.99 Å². The molecule has 0 atom stereocenters. The Morgan fingerprint density at radius 2 is 2.16 bits per heavy atom. The van der Waals surface area contributed by atoms with E-state index in [1.54, 1.807) is 6.20 Å². The van der Waals surface area contributed by atoms with Crippen molar-refractivity contribution in [2.75, 3.05) is 19.0 Å². The van der Waals surface area contributed by atoms with Gasteiger partial charge in [0.1, 0.15) is 0 Å². The van der Waals surface area contributed by atoms with Crippen LogP contribution in [0, 0.1) is 0 Å². The minimum atomic E-state index is -0.191. The molecule has 2 aliphatic heterocycles. The molecule has 1 N–H and O–H groups in total. The van der Waals surface area contributed by atoms with Crippen LogP contribution in [0.2, 0.25) is 0 Å². The Balaban J connectivity index is 1.74. The zero-order valence-corrected chi connectivity index (χ0v) is 10.6. The van der Waals surface area contributed by atoms with Crippen LogP contribution >= 0.6 is 0 Å². The van der Waals surface area contributed by atoms with Crippen molar-refractivity contribution < 1.29 is 4.79 Å². The molecular weight excluding hydrogens is 240 g/mol. The van der Waals surface area contributed by atoms with E-state index in [9.17, 15) is 4.79 Å². The number of rotatable bonds is 2. The minimum Gasteiger partial charge on any atom is -0.330 e. The minimum absolute atomic E-state index is 0.191. The summed E-state index contributed by atoms with van der Waals surface area (Å²) in [6.07, 6.45) is 5.61. The first-order valence-corrected chi connectivity index (χ1v) is 6.04. The Bertz CT molecular complexity index is 589. The summed E-state index contributed by atoms with van der Waals surface area (Å²) in [5, 5.41) is 2.83. The summed E-state index contributed by atoms with van der Waals surface area (Å²) in [5.41, 5.74) is 1.20. The zero-order chi connectivity index (χ0) is 13.2. The molecule has 2 aliphatic rings. The van der Waals surface area contributed by atoms with E-state index in [0.29, 0.717) is 12.4 Å². The molecule has 95 valence electrons. The summed E-state index contributed by atoms with van der Waals surface area (Å²) in [7, 11) is 1.98. The predicted octanol–water partition coefficient (Wildman–Crippen LogP) is 1.44. The molecule has 1 aromatic rings. The molecule has 5 heteroatoms. The molecule has 0 bridgehead atoms. The number of aliphatic imine (C=N–C) groups is 1. The number of nitrogens with one attached hydrogen (secondary N) is 1. The topological polar surface area (TPSA) is 50.6 Å². The molecule has 1 aromatic carbocycles. The lowest BCUT2D eigenvalue weighted by molar-refractivity contribution is -0.112. The van der Waals surface area contributed by atoms with Crippen LogP contribution < -0.4 is 10.2 Å². The van der Waals surface area contributed by atoms with Gasteiger partial charge in [-0.2, -0.15) is 4.99 Å². The largest absolute Gasteiger partial charge is 0.330 e. The van der Waals surface area contributed by atoms with E-state index in [0.717, 1.165) is 11.5 Å². The fourth-order valence-electron chi connectivity index (χ4n) is 1.98. The number of hydrogen-bond acceptors (Lipinski definition) is 4. The van der Waals surface area contributed by atoms with Gasteiger partial charge >= 0.3 is 0 Å². The maximum absolute atomic E-state index is 12.1. The van der Waals surface area contributed by atoms with Crippen molar-refractivity contribution in [1.82, 2.24) is 9.80 Å². The number of para-hydroxylation sites is 1. The standard InChI is InChI=1S/C14H14N4O/c1-17-8-7-13-16-12(9-18(13)10-17)14(19)15-11-5-3-2-4-6-11/h2-9H,10H2,1H3,(H,15,19)/q+1. The number of hydrogen-bond donors (Lipinski definition) is 1. The molecule has 0 saturated carbocycles. The van der Waals surface area contributed by atoms with Gasteiger partial charge in [0.15, 0.2) is 11.9 Å². The van der Waals surface area contributed by atoms with Crippen molar-refractivity contribution in [2.45, 2.75) is 0 Å². The number of carbonyl (C=O) groups excluding carboxylic acids is 1. The zero-order valence-electron chi connectivity index (χ0n) is 10.6. The number of fused-ring (bicyclic) bond motifs is 1. The molecule has 1 radical (unpaired) electrons. The highest BCUT2D eigenvalue weighted by atomic mass is 16.2. The van der Waals surface area contributed by atoms with Gasteiger partial charge in [-0.15, -0.1) is 0 Å². The SMILES string of the molecule is CN1C=CC2=NC(C(=O)Nc3ccccc3)=C[N+]2C1. The smallest absolute Gasteiger partial charge is 0.285 e. The fraction of sp³-hybridized carbons (Fsp3) is 0.143. The summed E-state index contributed by atoms with van der Waals surface area (Å²) >= 11 is 0. The number of anilines is 1. The van der Waals surface area contributed by atoms with Gasteiger partial charge in [0.05, 0.1) is 0 Å². The first-order valence-electron chi connectivity index (χ1n) is 6.04. The predicted molar refractivity (Wildman–Crippen MR) is 74.5 cm³/mol. The molecule has 2 heterocycles. The highest BCUT2D eigenvalue weighted by Crippen LogP contribution is 2.16. The normalized spacial score (nSPS) is 17.8. The second-order valence-electron chi connectivity index (χ2n) is 4.49. The molecule has 3 rings (SSSR count). The highest BCUT2D eigenvalue weighted by molar-refractivity contribution is 6.10. The molecule has 0 unspecified atom stereocenters. The number of carbonyl (C=O) groups is 1. The third-order valence-corrected chi connectivity index (χ3v) is 2.93. The van der Waals surface area contributed by atoms with E-state index in [4.69, 9.17) is 0 Å². The van der Waals surface area contributed by atoms with Gasteiger partial charge in [0.25, 0.3) is 11.7 Å². The van der Waals surface area contributed by atoms with Gasteiger partial charge in [-0.05, 0) is 12.1 Å². The number of benzene rings is 1. The van der Waals surface area contributed by atoms with Crippen LogP contribution in [0.5, 0.6) is 0 Å². The van der Waals surface area contributed by atoms with E-state index < -0.39 is 0 Å². The van der Waals surface area contributed by atoms with Crippen LogP contribution in [0.1, 0.15) is 0 Å². The quantitative estimate of drug-likeness (QED) is 0.812. The van der Waals surface area contributed by atoms with Crippen molar-refractivity contribution in [3.8, 4) is 0 Å². The van der Waals surface area contributed by atoms with Crippen LogP contribution in [-0.2, 0) is 4.79 Å². The summed E-state index contributed by atoms with van der Waals surface area (Å²) in [6, 6.07) is 9.37. The van der Waals surface area contributed by atoms with E-state index >= 15 is 0 Å². The summed E-state index contributed by atoms with van der Waals surface area (Å²) in [4.78, 5) is 20.4. The molecule has 0 fully saturated rings. The highest BCUT2D eigenvalue weighted by Gasteiger charge is 2.33. The number of amidine groups is 1. The Labute approximate surface area is 111 Å². The number of nitrogens with zero attached hydrogens (tertiary/aromatic N) is 3. The molecule has 0 aliphatic carbocycles. The van der Waals surface area contributed by atoms with Crippen LogP contribution in [0.15, 0.2) is 59.5 Å². The van der Waals surface area contributed by atoms with Gasteiger partial charge in [0, 0.05) is 25.0 Å². The Morgan fingerprint density at radius 3 is 2.95 bits per heavy atom. The lowest BCUT2D eigenvalue weighted by atomic mass is 10.3. The lowest BCUT2D eigenvalue weighted by Crippen LogP contribution is -2.39. The summed E-state index contributed by atoms with van der Waals surface area (Å²) < 4.78 is 0. The summed E-state index contributed by atoms with van der Waals surface area (Å²) in [6.45, 7) is 0.706. The second kappa shape index (κ2) is 4.70. The average Bonchev–Trinajstić information content (AvgIpc) is 2.83. The molecule has 5 nitrogen and oxygen atoms in total. The van der Waals surface area contributed by atoms with Crippen LogP contribution in [0.3, 0.4) is 0 Å². The molecule has 1 amide bonds. The van der Waals surface area contributed by atoms with Crippen LogP contribution in [0.4, 0.5) is 5.69 Å². The van der Waals surface area contributed by atoms with Crippen molar-refractivity contribution in [3.05, 3.63) is 54.5 Å². The third kappa shape index (κ3) is 2.41. The van der Waals surface area contributed by atoms with Gasteiger partial charge in [-0.1, -0.05) is 23.1 Å². The van der Waals surface area contributed by atoms with Gasteiger partial charge in [-0.3, -0.25) is 4.79 Å². The Morgan fingerprint density at radius 1 is 1.37 bits per heavy atom. The first-order chi connectivity index (χ1) is 9.22. The second-order valence-corrected chi connectivity index (χ2v) is 4.49. The molecule has 0 saturated heterocycles. The average molecular weight is 254 g/mol. The molecule has 0 aromatic heterocycles. The third-order valence-electron chi connectivity index (χ3n) is 2.93. The van der Waals surface area contributed by atoms with E-state index in [1.165, 1.54) is 0 Å². The van der Waals surface area contributed by atoms with Crippen molar-refractivity contribution in [1.29, 1.82) is 0 Å². The van der Waals surface area contributed by atoms with Crippen LogP contribution in [-0.4, -0.2) is 30.4 Å². The van der Waals surface area contributed by atoms with Crippen molar-refractivity contribution >= 4 is 17.4 Å². The maximum Gasteiger partial charge on any atom is 0.285 e. The van der Waals surface area contributed by atoms with Gasteiger partial charge in [-0.25, -0.2) is 0 Å². The van der Waals surface area contributed by atoms with Gasteiger partial charge in [0.2, 0.25) is 6.67 Å². The number of amides is 1. The molecular formula is C14H14N4O+. The van der Waals surface area contributed by atoms with E-state index in [-0.39, 0.29) is 5.91 Å². The molecule has 0 spiro atoms. The van der Waals surface area contributed by atoms with E-state index in [1.807, 2.05) is 59.5 Å². The van der Waals surface area contributed by atoms with Crippen LogP contribution in [0.25, 0.3) is 0 Å².